The number of unbranched alkanes of at least 4 members (excludes halogenated alkanes) is 3. The molecule has 0 spiro atoms. The van der Waals surface area contributed by atoms with Crippen molar-refractivity contribution in [2.75, 3.05) is 5.32 Å². The first-order chi connectivity index (χ1) is 17.0. The van der Waals surface area contributed by atoms with E-state index < -0.39 is 0 Å². The highest BCUT2D eigenvalue weighted by molar-refractivity contribution is 6.05. The van der Waals surface area contributed by atoms with Crippen LogP contribution >= 0.6 is 0 Å². The van der Waals surface area contributed by atoms with Crippen molar-refractivity contribution in [1.29, 1.82) is 0 Å². The second-order valence-electron chi connectivity index (χ2n) is 8.82. The first kappa shape index (κ1) is 22.7. The largest absolute Gasteiger partial charge is 0.326 e. The number of rotatable bonds is 7. The average Bonchev–Trinajstić information content (AvgIpc) is 3.15. The number of benzene rings is 2. The van der Waals surface area contributed by atoms with Crippen molar-refractivity contribution in [1.82, 2.24) is 24.1 Å². The Kier molecular flexibility index (Phi) is 6.03. The van der Waals surface area contributed by atoms with Gasteiger partial charge in [-0.05, 0) is 49.7 Å². The van der Waals surface area contributed by atoms with Crippen molar-refractivity contribution in [2.24, 2.45) is 0 Å². The SMILES string of the molecule is CCCCCCn1c(C)nc2c(c1=O)c1nc3ccccc3nc1n2-c1ccc(NC(C)=O)cc1. The molecular formula is C27H28N6O2. The monoisotopic (exact) mass is 468 g/mol. The number of carbonyl (C=O) groups is 1. The summed E-state index contributed by atoms with van der Waals surface area (Å²) in [4.78, 5) is 39.8. The number of fused-ring (bicyclic) bond motifs is 4. The standard InChI is InChI=1S/C27H28N6O2/c1-4-5-6-9-16-32-17(2)28-25-23(27(32)35)24-26(31-22-11-8-7-10-21(22)30-24)33(25)20-14-12-19(13-15-20)29-18(3)34/h7-8,10-15H,4-6,9,16H2,1-3H3,(H,29,34). The van der Waals surface area contributed by atoms with Crippen molar-refractivity contribution in [3.05, 3.63) is 64.7 Å². The zero-order valence-electron chi connectivity index (χ0n) is 20.2. The highest BCUT2D eigenvalue weighted by atomic mass is 16.1. The van der Waals surface area contributed by atoms with Crippen LogP contribution in [0.25, 0.3) is 38.9 Å². The number of aromatic nitrogens is 5. The number of amides is 1. The van der Waals surface area contributed by atoms with Gasteiger partial charge in [-0.25, -0.2) is 15.0 Å². The minimum absolute atomic E-state index is 0.0906. The molecule has 5 aromatic rings. The number of hydrogen-bond donors (Lipinski definition) is 1. The third kappa shape index (κ3) is 4.16. The molecule has 0 fully saturated rings. The second-order valence-corrected chi connectivity index (χ2v) is 8.82. The number of aryl methyl sites for hydroxylation is 1. The van der Waals surface area contributed by atoms with Gasteiger partial charge < -0.3 is 5.32 Å². The summed E-state index contributed by atoms with van der Waals surface area (Å²) in [6, 6.07) is 15.1. The van der Waals surface area contributed by atoms with Crippen molar-refractivity contribution in [3.63, 3.8) is 0 Å². The topological polar surface area (TPSA) is 94.7 Å². The van der Waals surface area contributed by atoms with E-state index in [1.807, 2.05) is 60.0 Å². The third-order valence-corrected chi connectivity index (χ3v) is 6.23. The van der Waals surface area contributed by atoms with Gasteiger partial charge in [-0.3, -0.25) is 18.7 Å². The molecule has 3 aromatic heterocycles. The van der Waals surface area contributed by atoms with Crippen molar-refractivity contribution >= 4 is 44.8 Å². The first-order valence-electron chi connectivity index (χ1n) is 12.0. The highest BCUT2D eigenvalue weighted by Crippen LogP contribution is 2.29. The maximum atomic E-state index is 13.8. The fourth-order valence-electron chi connectivity index (χ4n) is 4.53. The molecule has 0 aliphatic heterocycles. The molecule has 0 unspecified atom stereocenters. The molecule has 0 saturated heterocycles. The van der Waals surface area contributed by atoms with E-state index in [9.17, 15) is 9.59 Å². The van der Waals surface area contributed by atoms with Crippen LogP contribution in [0.4, 0.5) is 5.69 Å². The first-order valence-corrected chi connectivity index (χ1v) is 12.0. The molecule has 5 rings (SSSR count). The molecule has 2 aromatic carbocycles. The lowest BCUT2D eigenvalue weighted by molar-refractivity contribution is -0.114. The number of para-hydroxylation sites is 2. The lowest BCUT2D eigenvalue weighted by Crippen LogP contribution is -2.24. The van der Waals surface area contributed by atoms with E-state index >= 15 is 0 Å². The van der Waals surface area contributed by atoms with Gasteiger partial charge in [0.15, 0.2) is 11.3 Å². The molecule has 8 heteroatoms. The van der Waals surface area contributed by atoms with Gasteiger partial charge in [0.05, 0.1) is 11.0 Å². The molecule has 178 valence electrons. The molecule has 0 radical (unpaired) electrons. The third-order valence-electron chi connectivity index (χ3n) is 6.23. The van der Waals surface area contributed by atoms with Crippen LogP contribution in [-0.4, -0.2) is 30.0 Å². The van der Waals surface area contributed by atoms with Gasteiger partial charge in [0.25, 0.3) is 5.56 Å². The predicted molar refractivity (Wildman–Crippen MR) is 139 cm³/mol. The number of hydrogen-bond acceptors (Lipinski definition) is 5. The van der Waals surface area contributed by atoms with Gasteiger partial charge in [0.2, 0.25) is 5.91 Å². The van der Waals surface area contributed by atoms with Crippen LogP contribution in [-0.2, 0) is 11.3 Å². The lowest BCUT2D eigenvalue weighted by Gasteiger charge is -2.11. The minimum Gasteiger partial charge on any atom is -0.326 e. The van der Waals surface area contributed by atoms with Crippen molar-refractivity contribution in [3.8, 4) is 5.69 Å². The van der Waals surface area contributed by atoms with Crippen LogP contribution in [0.15, 0.2) is 53.3 Å². The number of nitrogens with one attached hydrogen (secondary N) is 1. The van der Waals surface area contributed by atoms with E-state index in [1.54, 1.807) is 4.57 Å². The van der Waals surface area contributed by atoms with E-state index in [4.69, 9.17) is 15.0 Å². The maximum absolute atomic E-state index is 13.8. The Morgan fingerprint density at radius 1 is 0.914 bits per heavy atom. The Labute approximate surface area is 202 Å². The molecule has 35 heavy (non-hydrogen) atoms. The van der Waals surface area contributed by atoms with Gasteiger partial charge in [-0.1, -0.05) is 38.3 Å². The highest BCUT2D eigenvalue weighted by Gasteiger charge is 2.22. The fraction of sp³-hybridized carbons (Fsp3) is 0.296. The normalized spacial score (nSPS) is 11.5. The van der Waals surface area contributed by atoms with Crippen LogP contribution < -0.4 is 10.9 Å². The van der Waals surface area contributed by atoms with Crippen LogP contribution in [0.5, 0.6) is 0 Å². The summed E-state index contributed by atoms with van der Waals surface area (Å²) < 4.78 is 3.65. The smallest absolute Gasteiger partial charge is 0.265 e. The van der Waals surface area contributed by atoms with Crippen LogP contribution in [0.2, 0.25) is 0 Å². The van der Waals surface area contributed by atoms with Gasteiger partial charge in [0.1, 0.15) is 16.7 Å². The van der Waals surface area contributed by atoms with E-state index in [-0.39, 0.29) is 11.5 Å². The zero-order chi connectivity index (χ0) is 24.5. The summed E-state index contributed by atoms with van der Waals surface area (Å²) in [6.45, 7) is 6.15. The zero-order valence-corrected chi connectivity index (χ0v) is 20.2. The van der Waals surface area contributed by atoms with Crippen molar-refractivity contribution in [2.45, 2.75) is 53.0 Å². The summed E-state index contributed by atoms with van der Waals surface area (Å²) in [5.74, 6) is 0.534. The number of nitrogens with zero attached hydrogens (tertiary/aromatic N) is 5. The van der Waals surface area contributed by atoms with E-state index in [1.165, 1.54) is 6.92 Å². The van der Waals surface area contributed by atoms with Gasteiger partial charge >= 0.3 is 0 Å². The van der Waals surface area contributed by atoms with E-state index in [0.717, 1.165) is 42.4 Å². The molecule has 3 heterocycles. The number of carbonyl (C=O) groups excluding carboxylic acids is 1. The number of anilines is 1. The summed E-state index contributed by atoms with van der Waals surface area (Å²) in [5, 5.41) is 3.26. The molecule has 0 bridgehead atoms. The minimum atomic E-state index is -0.135. The Morgan fingerprint density at radius 2 is 1.63 bits per heavy atom. The van der Waals surface area contributed by atoms with Crippen molar-refractivity contribution < 1.29 is 4.79 Å². The van der Waals surface area contributed by atoms with Gasteiger partial charge in [-0.15, -0.1) is 0 Å². The summed E-state index contributed by atoms with van der Waals surface area (Å²) >= 11 is 0. The fourth-order valence-corrected chi connectivity index (χ4v) is 4.53. The molecule has 1 N–H and O–H groups in total. The summed E-state index contributed by atoms with van der Waals surface area (Å²) in [7, 11) is 0. The lowest BCUT2D eigenvalue weighted by atomic mass is 10.2. The Morgan fingerprint density at radius 3 is 2.31 bits per heavy atom. The Balaban J connectivity index is 1.77. The van der Waals surface area contributed by atoms with E-state index in [2.05, 4.69) is 12.2 Å². The maximum Gasteiger partial charge on any atom is 0.265 e. The Bertz CT molecular complexity index is 1620. The quantitative estimate of drug-likeness (QED) is 0.334. The Hall–Kier alpha value is -4.07. The molecule has 0 atom stereocenters. The summed E-state index contributed by atoms with van der Waals surface area (Å²) in [6.07, 6.45) is 4.30. The average molecular weight is 469 g/mol. The molecule has 0 aliphatic carbocycles. The van der Waals surface area contributed by atoms with Gasteiger partial charge in [0, 0.05) is 24.8 Å². The second kappa shape index (κ2) is 9.29. The van der Waals surface area contributed by atoms with Gasteiger partial charge in [-0.2, -0.15) is 0 Å². The van der Waals surface area contributed by atoms with Crippen LogP contribution in [0, 0.1) is 6.92 Å². The molecule has 8 nitrogen and oxygen atoms in total. The molecular weight excluding hydrogens is 440 g/mol. The predicted octanol–water partition coefficient (Wildman–Crippen LogP) is 5.13. The molecule has 1 amide bonds. The molecule has 0 saturated carbocycles. The van der Waals surface area contributed by atoms with E-state index in [0.29, 0.717) is 40.3 Å². The van der Waals surface area contributed by atoms with Crippen LogP contribution in [0.3, 0.4) is 0 Å². The summed E-state index contributed by atoms with van der Waals surface area (Å²) in [5.41, 5.74) is 4.53. The van der Waals surface area contributed by atoms with Crippen LogP contribution in [0.1, 0.15) is 45.4 Å². The molecule has 0 aliphatic rings.